The molecular formula is C19H19NO4. The number of rotatable bonds is 6. The Morgan fingerprint density at radius 1 is 1.12 bits per heavy atom. The molecule has 0 fully saturated rings. The fraction of sp³-hybridized carbons (Fsp3) is 0.211. The molecule has 0 aliphatic heterocycles. The fourth-order valence-electron chi connectivity index (χ4n) is 2.51. The smallest absolute Gasteiger partial charge is 0.251 e. The summed E-state index contributed by atoms with van der Waals surface area (Å²) in [7, 11) is 3.16. The van der Waals surface area contributed by atoms with Crippen LogP contribution in [0.5, 0.6) is 5.75 Å². The minimum absolute atomic E-state index is 0.188. The molecule has 0 unspecified atom stereocenters. The van der Waals surface area contributed by atoms with Crippen LogP contribution in [0.15, 0.2) is 59.0 Å². The molecule has 1 N–H and O–H groups in total. The van der Waals surface area contributed by atoms with Gasteiger partial charge in [-0.1, -0.05) is 24.3 Å². The molecule has 0 bridgehead atoms. The van der Waals surface area contributed by atoms with Gasteiger partial charge in [0, 0.05) is 18.1 Å². The molecule has 124 valence electrons. The summed E-state index contributed by atoms with van der Waals surface area (Å²) in [4.78, 5) is 12.3. The van der Waals surface area contributed by atoms with E-state index in [-0.39, 0.29) is 12.0 Å². The number of furan rings is 1. The average molecular weight is 325 g/mol. The van der Waals surface area contributed by atoms with Crippen molar-refractivity contribution >= 4 is 16.9 Å². The first-order chi connectivity index (χ1) is 11.7. The second-order valence-electron chi connectivity index (χ2n) is 5.35. The van der Waals surface area contributed by atoms with Crippen LogP contribution in [0.2, 0.25) is 0 Å². The Kier molecular flexibility index (Phi) is 4.82. The first-order valence-corrected chi connectivity index (χ1v) is 7.65. The van der Waals surface area contributed by atoms with Gasteiger partial charge in [0.05, 0.1) is 13.7 Å². The van der Waals surface area contributed by atoms with Crippen LogP contribution in [0, 0.1) is 0 Å². The highest BCUT2D eigenvalue weighted by atomic mass is 16.5. The number of benzene rings is 2. The Bertz CT molecular complexity index is 807. The van der Waals surface area contributed by atoms with E-state index in [2.05, 4.69) is 5.32 Å². The molecule has 0 aliphatic rings. The van der Waals surface area contributed by atoms with Gasteiger partial charge in [-0.3, -0.25) is 4.79 Å². The van der Waals surface area contributed by atoms with Crippen molar-refractivity contribution < 1.29 is 18.7 Å². The molecule has 1 amide bonds. The number of carbonyl (C=O) groups excluding carboxylic acids is 1. The van der Waals surface area contributed by atoms with Crippen LogP contribution in [-0.2, 0) is 4.74 Å². The van der Waals surface area contributed by atoms with Gasteiger partial charge in [-0.2, -0.15) is 0 Å². The van der Waals surface area contributed by atoms with Crippen LogP contribution in [0.3, 0.4) is 0 Å². The van der Waals surface area contributed by atoms with Crippen molar-refractivity contribution in [1.82, 2.24) is 5.32 Å². The zero-order valence-electron chi connectivity index (χ0n) is 13.6. The van der Waals surface area contributed by atoms with E-state index in [9.17, 15) is 4.79 Å². The number of carbonyl (C=O) groups is 1. The summed E-state index contributed by atoms with van der Waals surface area (Å²) >= 11 is 0. The first-order valence-electron chi connectivity index (χ1n) is 7.65. The number of amides is 1. The Morgan fingerprint density at radius 2 is 1.96 bits per heavy atom. The van der Waals surface area contributed by atoms with Crippen molar-refractivity contribution in [1.29, 1.82) is 0 Å². The van der Waals surface area contributed by atoms with Crippen LogP contribution >= 0.6 is 0 Å². The fourth-order valence-corrected chi connectivity index (χ4v) is 2.51. The monoisotopic (exact) mass is 325 g/mol. The van der Waals surface area contributed by atoms with Crippen LogP contribution in [0.25, 0.3) is 11.0 Å². The van der Waals surface area contributed by atoms with Gasteiger partial charge >= 0.3 is 0 Å². The molecule has 3 aromatic rings. The van der Waals surface area contributed by atoms with Gasteiger partial charge in [0.1, 0.15) is 23.2 Å². The van der Waals surface area contributed by atoms with E-state index >= 15 is 0 Å². The van der Waals surface area contributed by atoms with E-state index in [1.54, 1.807) is 38.5 Å². The lowest BCUT2D eigenvalue weighted by Gasteiger charge is -2.14. The van der Waals surface area contributed by atoms with E-state index < -0.39 is 0 Å². The molecular weight excluding hydrogens is 306 g/mol. The summed E-state index contributed by atoms with van der Waals surface area (Å²) < 4.78 is 16.4. The molecule has 1 atom stereocenters. The summed E-state index contributed by atoms with van der Waals surface area (Å²) in [6.07, 6.45) is -0.355. The maximum absolute atomic E-state index is 12.3. The molecule has 0 saturated carbocycles. The minimum Gasteiger partial charge on any atom is -0.497 e. The molecule has 0 saturated heterocycles. The van der Waals surface area contributed by atoms with Crippen LogP contribution in [0.4, 0.5) is 0 Å². The number of hydrogen-bond acceptors (Lipinski definition) is 4. The summed E-state index contributed by atoms with van der Waals surface area (Å²) in [6, 6.07) is 16.7. The van der Waals surface area contributed by atoms with E-state index in [0.717, 1.165) is 11.0 Å². The molecule has 0 radical (unpaired) electrons. The van der Waals surface area contributed by atoms with Gasteiger partial charge in [-0.25, -0.2) is 0 Å². The number of fused-ring (bicyclic) bond motifs is 1. The van der Waals surface area contributed by atoms with Crippen molar-refractivity contribution in [2.24, 2.45) is 0 Å². The zero-order chi connectivity index (χ0) is 16.9. The Hall–Kier alpha value is -2.79. The molecule has 3 rings (SSSR count). The van der Waals surface area contributed by atoms with E-state index in [4.69, 9.17) is 13.9 Å². The van der Waals surface area contributed by atoms with Gasteiger partial charge < -0.3 is 19.2 Å². The number of nitrogens with one attached hydrogen (secondary N) is 1. The lowest BCUT2D eigenvalue weighted by Crippen LogP contribution is -2.29. The van der Waals surface area contributed by atoms with E-state index in [1.165, 1.54) is 0 Å². The predicted octanol–water partition coefficient (Wildman–Crippen LogP) is 3.56. The molecule has 1 aromatic heterocycles. The maximum Gasteiger partial charge on any atom is 0.251 e. The molecule has 24 heavy (non-hydrogen) atoms. The third-order valence-electron chi connectivity index (χ3n) is 3.83. The van der Waals surface area contributed by atoms with Gasteiger partial charge in [0.25, 0.3) is 5.91 Å². The second kappa shape index (κ2) is 7.19. The Balaban J connectivity index is 1.70. The van der Waals surface area contributed by atoms with Crippen molar-refractivity contribution in [2.45, 2.75) is 6.10 Å². The van der Waals surface area contributed by atoms with Crippen LogP contribution in [-0.4, -0.2) is 26.7 Å². The van der Waals surface area contributed by atoms with Crippen molar-refractivity contribution in [3.05, 3.63) is 65.9 Å². The largest absolute Gasteiger partial charge is 0.497 e. The van der Waals surface area contributed by atoms with E-state index in [0.29, 0.717) is 23.6 Å². The highest BCUT2D eigenvalue weighted by Gasteiger charge is 2.17. The third-order valence-corrected chi connectivity index (χ3v) is 3.83. The number of ether oxygens (including phenoxy) is 2. The SMILES string of the molecule is COc1cccc(C(=O)NC[C@H](OC)c2cc3ccccc3o2)c1. The Labute approximate surface area is 140 Å². The van der Waals surface area contributed by atoms with Crippen LogP contribution in [0.1, 0.15) is 22.2 Å². The minimum atomic E-state index is -0.355. The number of hydrogen-bond donors (Lipinski definition) is 1. The topological polar surface area (TPSA) is 60.7 Å². The standard InChI is InChI=1S/C19H19NO4/c1-22-15-8-5-7-14(10-15)19(21)20-12-18(23-2)17-11-13-6-3-4-9-16(13)24-17/h3-11,18H,12H2,1-2H3,(H,20,21)/t18-/m0/s1. The number of para-hydroxylation sites is 1. The summed E-state index contributed by atoms with van der Waals surface area (Å²) in [5, 5.41) is 3.87. The Morgan fingerprint density at radius 3 is 2.71 bits per heavy atom. The number of methoxy groups -OCH3 is 2. The van der Waals surface area contributed by atoms with Crippen molar-refractivity contribution in [3.63, 3.8) is 0 Å². The van der Waals surface area contributed by atoms with Gasteiger partial charge in [-0.05, 0) is 30.3 Å². The highest BCUT2D eigenvalue weighted by Crippen LogP contribution is 2.25. The highest BCUT2D eigenvalue weighted by molar-refractivity contribution is 5.94. The van der Waals surface area contributed by atoms with Crippen molar-refractivity contribution in [3.8, 4) is 5.75 Å². The van der Waals surface area contributed by atoms with Gasteiger partial charge in [0.2, 0.25) is 0 Å². The lowest BCUT2D eigenvalue weighted by atomic mass is 10.2. The average Bonchev–Trinajstić information content (AvgIpc) is 3.06. The lowest BCUT2D eigenvalue weighted by molar-refractivity contribution is 0.0747. The summed E-state index contributed by atoms with van der Waals surface area (Å²) in [5.41, 5.74) is 1.34. The third kappa shape index (κ3) is 3.41. The maximum atomic E-state index is 12.3. The van der Waals surface area contributed by atoms with E-state index in [1.807, 2.05) is 30.3 Å². The predicted molar refractivity (Wildman–Crippen MR) is 91.3 cm³/mol. The zero-order valence-corrected chi connectivity index (χ0v) is 13.6. The molecule has 5 heteroatoms. The second-order valence-corrected chi connectivity index (χ2v) is 5.35. The van der Waals surface area contributed by atoms with Crippen LogP contribution < -0.4 is 10.1 Å². The summed E-state index contributed by atoms with van der Waals surface area (Å²) in [6.45, 7) is 0.312. The van der Waals surface area contributed by atoms with Gasteiger partial charge in [0.15, 0.2) is 0 Å². The van der Waals surface area contributed by atoms with Crippen molar-refractivity contribution in [2.75, 3.05) is 20.8 Å². The molecule has 0 aliphatic carbocycles. The van der Waals surface area contributed by atoms with Gasteiger partial charge in [-0.15, -0.1) is 0 Å². The quantitative estimate of drug-likeness (QED) is 0.753. The molecule has 0 spiro atoms. The molecule has 1 heterocycles. The first kappa shape index (κ1) is 16.1. The normalized spacial score (nSPS) is 12.1. The molecule has 5 nitrogen and oxygen atoms in total. The molecule has 2 aromatic carbocycles. The summed E-state index contributed by atoms with van der Waals surface area (Å²) in [5.74, 6) is 1.14.